The predicted molar refractivity (Wildman–Crippen MR) is 74.4 cm³/mol. The van der Waals surface area contributed by atoms with Crippen molar-refractivity contribution in [1.82, 2.24) is 5.32 Å². The van der Waals surface area contributed by atoms with Crippen LogP contribution in [-0.4, -0.2) is 23.2 Å². The van der Waals surface area contributed by atoms with Crippen LogP contribution in [0.15, 0.2) is 0 Å². The lowest BCUT2D eigenvalue weighted by atomic mass is 9.88. The zero-order chi connectivity index (χ0) is 13.4. The van der Waals surface area contributed by atoms with Crippen molar-refractivity contribution in [3.05, 3.63) is 0 Å². The quantitative estimate of drug-likeness (QED) is 0.793. The number of carbonyl (C=O) groups is 1. The first-order valence-electron chi connectivity index (χ1n) is 7.60. The maximum atomic E-state index is 12.3. The van der Waals surface area contributed by atoms with Crippen LogP contribution < -0.4 is 5.32 Å². The Kier molecular flexibility index (Phi) is 6.69. The highest BCUT2D eigenvalue weighted by Gasteiger charge is 2.30. The summed E-state index contributed by atoms with van der Waals surface area (Å²) in [5.41, 5.74) is -0.403. The van der Waals surface area contributed by atoms with E-state index in [1.54, 1.807) is 0 Å². The zero-order valence-electron chi connectivity index (χ0n) is 12.0. The molecule has 0 atom stereocenters. The van der Waals surface area contributed by atoms with E-state index in [1.165, 1.54) is 32.1 Å². The van der Waals surface area contributed by atoms with Crippen LogP contribution in [0.2, 0.25) is 0 Å². The topological polar surface area (TPSA) is 49.3 Å². The van der Waals surface area contributed by atoms with Gasteiger partial charge in [0.2, 0.25) is 5.91 Å². The van der Waals surface area contributed by atoms with Crippen LogP contribution in [0.1, 0.15) is 71.6 Å². The number of aliphatic hydroxyl groups is 1. The molecule has 3 heteroatoms. The third-order valence-electron chi connectivity index (χ3n) is 4.52. The van der Waals surface area contributed by atoms with Gasteiger partial charge in [-0.2, -0.15) is 0 Å². The van der Waals surface area contributed by atoms with E-state index in [0.29, 0.717) is 0 Å². The molecule has 0 bridgehead atoms. The molecule has 0 aromatic heterocycles. The van der Waals surface area contributed by atoms with Gasteiger partial charge in [-0.15, -0.1) is 0 Å². The van der Waals surface area contributed by atoms with E-state index in [1.807, 2.05) is 13.8 Å². The van der Waals surface area contributed by atoms with Gasteiger partial charge in [0, 0.05) is 5.92 Å². The Morgan fingerprint density at radius 2 is 1.61 bits per heavy atom. The summed E-state index contributed by atoms with van der Waals surface area (Å²) in [4.78, 5) is 12.3. The molecule has 0 saturated heterocycles. The van der Waals surface area contributed by atoms with Crippen molar-refractivity contribution in [2.24, 2.45) is 5.92 Å². The summed E-state index contributed by atoms with van der Waals surface area (Å²) in [7, 11) is 0. The van der Waals surface area contributed by atoms with Gasteiger partial charge in [0.1, 0.15) is 0 Å². The average Bonchev–Trinajstić information content (AvgIpc) is 2.35. The maximum Gasteiger partial charge on any atom is 0.223 e. The normalized spacial score (nSPS) is 19.1. The van der Waals surface area contributed by atoms with Gasteiger partial charge in [0.05, 0.1) is 12.1 Å². The number of nitrogens with one attached hydrogen (secondary N) is 1. The minimum atomic E-state index is -0.403. The lowest BCUT2D eigenvalue weighted by molar-refractivity contribution is -0.128. The predicted octanol–water partition coefficient (Wildman–Crippen LogP) is 3.01. The minimum absolute atomic E-state index is 0.0401. The molecular weight excluding hydrogens is 226 g/mol. The van der Waals surface area contributed by atoms with Crippen LogP contribution in [-0.2, 0) is 4.79 Å². The van der Waals surface area contributed by atoms with E-state index in [0.717, 1.165) is 25.7 Å². The number of amides is 1. The number of rotatable bonds is 5. The number of hydrogen-bond acceptors (Lipinski definition) is 2. The molecule has 3 nitrogen and oxygen atoms in total. The van der Waals surface area contributed by atoms with Crippen LogP contribution >= 0.6 is 0 Å². The monoisotopic (exact) mass is 255 g/mol. The van der Waals surface area contributed by atoms with Crippen LogP contribution in [0, 0.1) is 5.92 Å². The Labute approximate surface area is 111 Å². The molecule has 0 radical (unpaired) electrons. The van der Waals surface area contributed by atoms with Gasteiger partial charge in [-0.05, 0) is 25.7 Å². The van der Waals surface area contributed by atoms with Gasteiger partial charge in [-0.1, -0.05) is 46.0 Å². The molecular formula is C15H29NO2. The molecule has 1 fully saturated rings. The first-order chi connectivity index (χ1) is 8.67. The van der Waals surface area contributed by atoms with Crippen LogP contribution in [0.3, 0.4) is 0 Å². The van der Waals surface area contributed by atoms with Gasteiger partial charge in [0.25, 0.3) is 0 Å². The van der Waals surface area contributed by atoms with E-state index in [-0.39, 0.29) is 18.4 Å². The highest BCUT2D eigenvalue weighted by Crippen LogP contribution is 2.24. The molecule has 18 heavy (non-hydrogen) atoms. The summed E-state index contributed by atoms with van der Waals surface area (Å²) < 4.78 is 0. The van der Waals surface area contributed by atoms with Gasteiger partial charge >= 0.3 is 0 Å². The molecule has 1 aliphatic carbocycles. The third-order valence-corrected chi connectivity index (χ3v) is 4.52. The highest BCUT2D eigenvalue weighted by molar-refractivity contribution is 5.79. The van der Waals surface area contributed by atoms with Crippen molar-refractivity contribution in [2.45, 2.75) is 77.2 Å². The summed E-state index contributed by atoms with van der Waals surface area (Å²) in [6, 6.07) is 0. The van der Waals surface area contributed by atoms with Crippen molar-refractivity contribution in [2.75, 3.05) is 6.61 Å². The number of hydrogen-bond donors (Lipinski definition) is 2. The van der Waals surface area contributed by atoms with Gasteiger partial charge in [-0.3, -0.25) is 4.79 Å². The highest BCUT2D eigenvalue weighted by atomic mass is 16.3. The van der Waals surface area contributed by atoms with E-state index in [2.05, 4.69) is 5.32 Å². The molecule has 1 saturated carbocycles. The largest absolute Gasteiger partial charge is 0.394 e. The van der Waals surface area contributed by atoms with Crippen LogP contribution in [0.25, 0.3) is 0 Å². The lowest BCUT2D eigenvalue weighted by Crippen LogP contribution is -2.52. The summed E-state index contributed by atoms with van der Waals surface area (Å²) in [6.45, 7) is 4.09. The van der Waals surface area contributed by atoms with Gasteiger partial charge in [0.15, 0.2) is 0 Å². The van der Waals surface area contributed by atoms with E-state index in [4.69, 9.17) is 0 Å². The Bertz CT molecular complexity index is 233. The Morgan fingerprint density at radius 3 is 2.06 bits per heavy atom. The lowest BCUT2D eigenvalue weighted by Gasteiger charge is -2.33. The number of carbonyl (C=O) groups excluding carboxylic acids is 1. The van der Waals surface area contributed by atoms with Crippen molar-refractivity contribution in [3.63, 3.8) is 0 Å². The zero-order valence-corrected chi connectivity index (χ0v) is 12.0. The second kappa shape index (κ2) is 7.78. The average molecular weight is 255 g/mol. The van der Waals surface area contributed by atoms with Crippen molar-refractivity contribution >= 4 is 5.91 Å². The van der Waals surface area contributed by atoms with Crippen LogP contribution in [0.4, 0.5) is 0 Å². The van der Waals surface area contributed by atoms with E-state index in [9.17, 15) is 9.90 Å². The first-order valence-corrected chi connectivity index (χ1v) is 7.60. The van der Waals surface area contributed by atoms with Crippen molar-refractivity contribution in [1.29, 1.82) is 0 Å². The molecule has 1 aliphatic rings. The maximum absolute atomic E-state index is 12.3. The van der Waals surface area contributed by atoms with Gasteiger partial charge in [-0.25, -0.2) is 0 Å². The first kappa shape index (κ1) is 15.5. The smallest absolute Gasteiger partial charge is 0.223 e. The fourth-order valence-corrected chi connectivity index (χ4v) is 2.77. The molecule has 0 aromatic carbocycles. The molecule has 1 rings (SSSR count). The molecule has 0 unspecified atom stereocenters. The summed E-state index contributed by atoms with van der Waals surface area (Å²) in [6.07, 6.45) is 9.79. The molecule has 1 amide bonds. The van der Waals surface area contributed by atoms with E-state index < -0.39 is 5.54 Å². The minimum Gasteiger partial charge on any atom is -0.394 e. The Morgan fingerprint density at radius 1 is 1.11 bits per heavy atom. The molecule has 106 valence electrons. The molecule has 0 aliphatic heterocycles. The second-order valence-corrected chi connectivity index (χ2v) is 5.68. The fourth-order valence-electron chi connectivity index (χ4n) is 2.77. The van der Waals surface area contributed by atoms with Crippen molar-refractivity contribution < 1.29 is 9.90 Å². The van der Waals surface area contributed by atoms with Gasteiger partial charge < -0.3 is 10.4 Å². The summed E-state index contributed by atoms with van der Waals surface area (Å²) >= 11 is 0. The Balaban J connectivity index is 2.56. The third kappa shape index (κ3) is 4.27. The molecule has 0 aromatic rings. The fraction of sp³-hybridized carbons (Fsp3) is 0.933. The van der Waals surface area contributed by atoms with Crippen LogP contribution in [0.5, 0.6) is 0 Å². The second-order valence-electron chi connectivity index (χ2n) is 5.68. The SMILES string of the molecule is CCC(CC)(CO)NC(=O)C1CCCCCCC1. The molecule has 0 heterocycles. The van der Waals surface area contributed by atoms with E-state index >= 15 is 0 Å². The Hall–Kier alpha value is -0.570. The van der Waals surface area contributed by atoms with Crippen molar-refractivity contribution in [3.8, 4) is 0 Å². The molecule has 0 spiro atoms. The standard InChI is InChI=1S/C15H29NO2/c1-3-15(4-2,12-17)16-14(18)13-10-8-6-5-7-9-11-13/h13,17H,3-12H2,1-2H3,(H,16,18). The summed E-state index contributed by atoms with van der Waals surface area (Å²) in [5.74, 6) is 0.323. The molecule has 2 N–H and O–H groups in total. The summed E-state index contributed by atoms with van der Waals surface area (Å²) in [5, 5.41) is 12.6. The number of aliphatic hydroxyl groups excluding tert-OH is 1.